The largest absolute Gasteiger partial charge is 0.453 e. The quantitative estimate of drug-likeness (QED) is 0.702. The highest BCUT2D eigenvalue weighted by Crippen LogP contribution is 2.30. The molecule has 0 saturated carbocycles. The summed E-state index contributed by atoms with van der Waals surface area (Å²) in [5, 5.41) is 9.75. The summed E-state index contributed by atoms with van der Waals surface area (Å²) in [6.45, 7) is 2.31. The van der Waals surface area contributed by atoms with E-state index in [1.165, 1.54) is 0 Å². The molecule has 0 spiro atoms. The topological polar surface area (TPSA) is 94.3 Å². The van der Waals surface area contributed by atoms with Gasteiger partial charge >= 0.3 is 0 Å². The zero-order valence-electron chi connectivity index (χ0n) is 11.8. The minimum Gasteiger partial charge on any atom is -0.453 e. The highest BCUT2D eigenvalue weighted by Gasteiger charge is 2.17. The number of nitrogens with zero attached hydrogens (tertiary/aromatic N) is 2. The van der Waals surface area contributed by atoms with Crippen LogP contribution in [0.3, 0.4) is 0 Å². The van der Waals surface area contributed by atoms with Crippen molar-refractivity contribution >= 4 is 33.7 Å². The highest BCUT2D eigenvalue weighted by atomic mass is 16.3. The molecule has 0 saturated heterocycles. The van der Waals surface area contributed by atoms with Gasteiger partial charge in [0, 0.05) is 11.9 Å². The number of Topliss-reactive ketones (excluding diaryl/α,β-unsaturated/α-hetero) is 1. The number of fused-ring (bicyclic) bond motifs is 3. The summed E-state index contributed by atoms with van der Waals surface area (Å²) in [4.78, 5) is 15.9. The maximum atomic E-state index is 11.6. The molecule has 6 nitrogen and oxygen atoms in total. The van der Waals surface area contributed by atoms with E-state index in [0.717, 1.165) is 35.8 Å². The zero-order valence-corrected chi connectivity index (χ0v) is 11.8. The molecule has 2 heterocycles. The van der Waals surface area contributed by atoms with E-state index in [9.17, 15) is 4.79 Å². The van der Waals surface area contributed by atoms with Gasteiger partial charge in [-0.05, 0) is 24.6 Å². The standard InChI is InChI=1S/C15H17N3O3/c1-2-3-6-18-14-9-7-13(11(20)8-19)21-12(9)5-4-10(14)17-15(18)16/h4-5,7,19H,2-3,6,8H2,1H3,(H2,16,17). The molecule has 3 N–H and O–H groups in total. The first-order valence-corrected chi connectivity index (χ1v) is 6.98. The van der Waals surface area contributed by atoms with Crippen LogP contribution in [-0.4, -0.2) is 27.0 Å². The van der Waals surface area contributed by atoms with Gasteiger partial charge in [0.15, 0.2) is 5.76 Å². The van der Waals surface area contributed by atoms with Crippen LogP contribution in [0.4, 0.5) is 5.95 Å². The second-order valence-corrected chi connectivity index (χ2v) is 5.01. The number of furan rings is 1. The maximum absolute atomic E-state index is 11.6. The van der Waals surface area contributed by atoms with Crippen molar-refractivity contribution in [2.45, 2.75) is 26.3 Å². The number of ketones is 1. The van der Waals surface area contributed by atoms with E-state index in [4.69, 9.17) is 15.3 Å². The van der Waals surface area contributed by atoms with Crippen molar-refractivity contribution in [1.82, 2.24) is 9.55 Å². The van der Waals surface area contributed by atoms with Gasteiger partial charge in [-0.1, -0.05) is 13.3 Å². The lowest BCUT2D eigenvalue weighted by Crippen LogP contribution is -2.03. The predicted octanol–water partition coefficient (Wildman–Crippen LogP) is 2.34. The number of nitrogens with two attached hydrogens (primary N) is 1. The number of hydrogen-bond acceptors (Lipinski definition) is 5. The molecule has 0 unspecified atom stereocenters. The lowest BCUT2D eigenvalue weighted by molar-refractivity contribution is 0.0878. The normalized spacial score (nSPS) is 11.5. The number of aryl methyl sites for hydroxylation is 1. The fourth-order valence-corrected chi connectivity index (χ4v) is 2.52. The van der Waals surface area contributed by atoms with E-state index < -0.39 is 12.4 Å². The van der Waals surface area contributed by atoms with Crippen LogP contribution in [0.2, 0.25) is 0 Å². The molecular formula is C15H17N3O3. The van der Waals surface area contributed by atoms with Gasteiger partial charge in [-0.3, -0.25) is 4.79 Å². The molecule has 0 aliphatic rings. The minimum atomic E-state index is -0.569. The molecule has 2 aromatic heterocycles. The lowest BCUT2D eigenvalue weighted by atomic mass is 10.2. The average molecular weight is 287 g/mol. The van der Waals surface area contributed by atoms with Gasteiger partial charge in [0.25, 0.3) is 0 Å². The number of carbonyl (C=O) groups is 1. The highest BCUT2D eigenvalue weighted by molar-refractivity contribution is 6.07. The van der Waals surface area contributed by atoms with E-state index in [0.29, 0.717) is 11.5 Å². The molecule has 110 valence electrons. The van der Waals surface area contributed by atoms with Crippen LogP contribution in [0.25, 0.3) is 22.0 Å². The Hall–Kier alpha value is -2.34. The summed E-state index contributed by atoms with van der Waals surface area (Å²) in [5.41, 5.74) is 8.24. The summed E-state index contributed by atoms with van der Waals surface area (Å²) < 4.78 is 7.45. The van der Waals surface area contributed by atoms with E-state index in [1.807, 2.05) is 10.6 Å². The molecule has 0 bridgehead atoms. The number of rotatable bonds is 5. The van der Waals surface area contributed by atoms with Crippen molar-refractivity contribution in [2.75, 3.05) is 12.3 Å². The Morgan fingerprint density at radius 2 is 2.29 bits per heavy atom. The number of carbonyl (C=O) groups excluding carboxylic acids is 1. The van der Waals surface area contributed by atoms with Gasteiger partial charge < -0.3 is 19.8 Å². The number of aromatic nitrogens is 2. The van der Waals surface area contributed by atoms with Crippen LogP contribution in [0.15, 0.2) is 22.6 Å². The van der Waals surface area contributed by atoms with Crippen LogP contribution in [0.1, 0.15) is 30.3 Å². The summed E-state index contributed by atoms with van der Waals surface area (Å²) >= 11 is 0. The third-order valence-electron chi connectivity index (χ3n) is 3.59. The number of unbranched alkanes of at least 4 members (excludes halogenated alkanes) is 1. The van der Waals surface area contributed by atoms with Gasteiger partial charge in [-0.2, -0.15) is 0 Å². The van der Waals surface area contributed by atoms with E-state index in [2.05, 4.69) is 11.9 Å². The zero-order chi connectivity index (χ0) is 15.0. The number of aliphatic hydroxyl groups excluding tert-OH is 1. The van der Waals surface area contributed by atoms with Crippen molar-refractivity contribution in [3.8, 4) is 0 Å². The molecule has 0 fully saturated rings. The van der Waals surface area contributed by atoms with E-state index in [-0.39, 0.29) is 5.76 Å². The first-order chi connectivity index (χ1) is 10.2. The van der Waals surface area contributed by atoms with Gasteiger partial charge in [0.1, 0.15) is 12.2 Å². The van der Waals surface area contributed by atoms with Gasteiger partial charge in [-0.25, -0.2) is 4.98 Å². The molecule has 21 heavy (non-hydrogen) atoms. The number of nitrogen functional groups attached to an aromatic ring is 1. The van der Waals surface area contributed by atoms with Crippen LogP contribution >= 0.6 is 0 Å². The SMILES string of the molecule is CCCCn1c(N)nc2ccc3oc(C(=O)CO)cc3c21. The molecule has 0 aliphatic carbocycles. The Morgan fingerprint density at radius 3 is 3.00 bits per heavy atom. The Bertz CT molecular complexity index is 816. The number of aliphatic hydroxyl groups is 1. The molecule has 1 aromatic carbocycles. The monoisotopic (exact) mass is 287 g/mol. The summed E-state index contributed by atoms with van der Waals surface area (Å²) in [7, 11) is 0. The molecular weight excluding hydrogens is 270 g/mol. The molecule has 6 heteroatoms. The smallest absolute Gasteiger partial charge is 0.223 e. The second kappa shape index (κ2) is 5.21. The minimum absolute atomic E-state index is 0.154. The molecule has 0 radical (unpaired) electrons. The molecule has 3 rings (SSSR count). The van der Waals surface area contributed by atoms with Crippen molar-refractivity contribution in [1.29, 1.82) is 0 Å². The lowest BCUT2D eigenvalue weighted by Gasteiger charge is -2.05. The Morgan fingerprint density at radius 1 is 1.48 bits per heavy atom. The third-order valence-corrected chi connectivity index (χ3v) is 3.59. The number of imidazole rings is 1. The van der Waals surface area contributed by atoms with Crippen LogP contribution in [0.5, 0.6) is 0 Å². The third kappa shape index (κ3) is 2.17. The Kier molecular flexibility index (Phi) is 3.39. The van der Waals surface area contributed by atoms with Crippen molar-refractivity contribution in [2.24, 2.45) is 0 Å². The van der Waals surface area contributed by atoms with Crippen molar-refractivity contribution in [3.05, 3.63) is 24.0 Å². The Labute approximate surface area is 121 Å². The van der Waals surface area contributed by atoms with Crippen LogP contribution in [-0.2, 0) is 6.54 Å². The Balaban J connectivity index is 2.25. The first-order valence-electron chi connectivity index (χ1n) is 6.98. The van der Waals surface area contributed by atoms with Crippen molar-refractivity contribution < 1.29 is 14.3 Å². The van der Waals surface area contributed by atoms with E-state index >= 15 is 0 Å². The number of benzene rings is 1. The molecule has 0 atom stereocenters. The first kappa shape index (κ1) is 13.6. The van der Waals surface area contributed by atoms with Gasteiger partial charge in [-0.15, -0.1) is 0 Å². The average Bonchev–Trinajstić information content (AvgIpc) is 3.04. The molecule has 3 aromatic rings. The maximum Gasteiger partial charge on any atom is 0.223 e. The second-order valence-electron chi connectivity index (χ2n) is 5.01. The summed E-state index contributed by atoms with van der Waals surface area (Å²) in [5.74, 6) is 0.177. The van der Waals surface area contributed by atoms with Gasteiger partial charge in [0.2, 0.25) is 11.7 Å². The van der Waals surface area contributed by atoms with Crippen LogP contribution < -0.4 is 5.73 Å². The number of hydrogen-bond donors (Lipinski definition) is 2. The van der Waals surface area contributed by atoms with Crippen LogP contribution in [0, 0.1) is 0 Å². The fourth-order valence-electron chi connectivity index (χ4n) is 2.52. The summed E-state index contributed by atoms with van der Waals surface area (Å²) in [6, 6.07) is 5.25. The van der Waals surface area contributed by atoms with Crippen molar-refractivity contribution in [3.63, 3.8) is 0 Å². The van der Waals surface area contributed by atoms with E-state index in [1.54, 1.807) is 12.1 Å². The molecule has 0 aliphatic heterocycles. The molecule has 0 amide bonds. The predicted molar refractivity (Wildman–Crippen MR) is 80.2 cm³/mol. The fraction of sp³-hybridized carbons (Fsp3) is 0.333. The summed E-state index contributed by atoms with van der Waals surface area (Å²) in [6.07, 6.45) is 2.04. The van der Waals surface area contributed by atoms with Gasteiger partial charge in [0.05, 0.1) is 11.0 Å². The number of anilines is 1.